The molecule has 2 heterocycles. The van der Waals surface area contributed by atoms with Gasteiger partial charge in [0.2, 0.25) is 0 Å². The molecule has 1 amide bonds. The van der Waals surface area contributed by atoms with Crippen molar-refractivity contribution in [3.8, 4) is 0 Å². The highest BCUT2D eigenvalue weighted by atomic mass is 35.5. The Bertz CT molecular complexity index is 1080. The van der Waals surface area contributed by atoms with Gasteiger partial charge < -0.3 is 19.7 Å². The van der Waals surface area contributed by atoms with Crippen molar-refractivity contribution in [3.05, 3.63) is 57.3 Å². The molecule has 4 rings (SSSR count). The van der Waals surface area contributed by atoms with Crippen LogP contribution >= 0.6 is 11.6 Å². The number of ether oxygens (including phenoxy) is 2. The van der Waals surface area contributed by atoms with Crippen molar-refractivity contribution in [2.24, 2.45) is 0 Å². The van der Waals surface area contributed by atoms with Gasteiger partial charge in [0.05, 0.1) is 19.3 Å². The number of hydrogen-bond acceptors (Lipinski definition) is 6. The molecule has 9 heteroatoms. The van der Waals surface area contributed by atoms with Crippen molar-refractivity contribution >= 4 is 23.5 Å². The second-order valence-electron chi connectivity index (χ2n) is 10.5. The highest BCUT2D eigenvalue weighted by Crippen LogP contribution is 2.43. The van der Waals surface area contributed by atoms with Crippen molar-refractivity contribution in [1.29, 1.82) is 0 Å². The van der Waals surface area contributed by atoms with E-state index in [0.717, 1.165) is 50.2 Å². The Morgan fingerprint density at radius 2 is 1.91 bits per heavy atom. The van der Waals surface area contributed by atoms with Crippen LogP contribution in [0.5, 0.6) is 0 Å². The lowest BCUT2D eigenvalue weighted by Gasteiger charge is -2.41. The molecule has 190 valence electrons. The van der Waals surface area contributed by atoms with Crippen LogP contribution in [0.3, 0.4) is 0 Å². The lowest BCUT2D eigenvalue weighted by Crippen LogP contribution is -2.46. The van der Waals surface area contributed by atoms with Gasteiger partial charge in [-0.25, -0.2) is 9.48 Å². The molecule has 1 aromatic heterocycles. The van der Waals surface area contributed by atoms with E-state index in [1.807, 2.05) is 39.0 Å². The van der Waals surface area contributed by atoms with E-state index in [4.69, 9.17) is 26.2 Å². The molecule has 1 aromatic carbocycles. The predicted molar refractivity (Wildman–Crippen MR) is 136 cm³/mol. The first-order chi connectivity index (χ1) is 16.7. The van der Waals surface area contributed by atoms with Gasteiger partial charge in [-0.15, -0.1) is 0 Å². The Balaban J connectivity index is 1.52. The SMILES string of the molecule is CC(C)(C)OC(=O)NCC1(c2cccc(Cl)c2)CCC(n2nc(N3CCOCC3)ccc2=O)CC1. The molecule has 8 nitrogen and oxygen atoms in total. The van der Waals surface area contributed by atoms with E-state index in [2.05, 4.69) is 16.3 Å². The number of nitrogens with one attached hydrogen (secondary N) is 1. The number of morpholine rings is 1. The maximum atomic E-state index is 12.7. The smallest absolute Gasteiger partial charge is 0.407 e. The van der Waals surface area contributed by atoms with E-state index in [0.29, 0.717) is 24.8 Å². The van der Waals surface area contributed by atoms with Crippen LogP contribution in [0.1, 0.15) is 58.1 Å². The molecule has 1 N–H and O–H groups in total. The molecule has 35 heavy (non-hydrogen) atoms. The van der Waals surface area contributed by atoms with Crippen molar-refractivity contribution in [1.82, 2.24) is 15.1 Å². The van der Waals surface area contributed by atoms with Crippen LogP contribution in [0.25, 0.3) is 0 Å². The molecule has 0 unspecified atom stereocenters. The maximum Gasteiger partial charge on any atom is 0.407 e. The Morgan fingerprint density at radius 3 is 2.57 bits per heavy atom. The van der Waals surface area contributed by atoms with E-state index in [1.165, 1.54) is 0 Å². The van der Waals surface area contributed by atoms with Gasteiger partial charge in [-0.1, -0.05) is 23.7 Å². The van der Waals surface area contributed by atoms with Crippen LogP contribution < -0.4 is 15.8 Å². The number of amides is 1. The van der Waals surface area contributed by atoms with Crippen LogP contribution in [0.15, 0.2) is 41.2 Å². The quantitative estimate of drug-likeness (QED) is 0.655. The third-order valence-electron chi connectivity index (χ3n) is 6.81. The third kappa shape index (κ3) is 6.35. The molecule has 0 bridgehead atoms. The first-order valence-electron chi connectivity index (χ1n) is 12.3. The van der Waals surface area contributed by atoms with Crippen LogP contribution in [-0.2, 0) is 14.9 Å². The van der Waals surface area contributed by atoms with E-state index in [-0.39, 0.29) is 17.0 Å². The van der Waals surface area contributed by atoms with Crippen molar-refractivity contribution in [2.75, 3.05) is 37.7 Å². The standard InChI is InChI=1S/C26H35ClN4O4/c1-25(2,3)35-24(33)28-18-26(19-5-4-6-20(27)17-19)11-9-21(10-12-26)31-23(32)8-7-22(29-31)30-13-15-34-16-14-30/h4-8,17,21H,9-16,18H2,1-3H3,(H,28,33). The van der Waals surface area contributed by atoms with Gasteiger partial charge in [-0.2, -0.15) is 5.10 Å². The number of carbonyl (C=O) groups is 1. The van der Waals surface area contributed by atoms with Gasteiger partial charge in [0, 0.05) is 36.1 Å². The Morgan fingerprint density at radius 1 is 1.20 bits per heavy atom. The lowest BCUT2D eigenvalue weighted by atomic mass is 9.68. The van der Waals surface area contributed by atoms with E-state index >= 15 is 0 Å². The number of hydrogen-bond donors (Lipinski definition) is 1. The van der Waals surface area contributed by atoms with Crippen LogP contribution in [-0.4, -0.2) is 54.3 Å². The summed E-state index contributed by atoms with van der Waals surface area (Å²) < 4.78 is 12.6. The average molecular weight is 503 g/mol. The molecular weight excluding hydrogens is 468 g/mol. The molecule has 1 saturated heterocycles. The summed E-state index contributed by atoms with van der Waals surface area (Å²) in [6.07, 6.45) is 2.66. The van der Waals surface area contributed by atoms with Crippen LogP contribution in [0.2, 0.25) is 5.02 Å². The zero-order valence-electron chi connectivity index (χ0n) is 20.8. The molecular formula is C26H35ClN4O4. The van der Waals surface area contributed by atoms with E-state index in [9.17, 15) is 9.59 Å². The number of aromatic nitrogens is 2. The number of rotatable bonds is 5. The summed E-state index contributed by atoms with van der Waals surface area (Å²) in [5.74, 6) is 0.811. The van der Waals surface area contributed by atoms with Gasteiger partial charge in [0.15, 0.2) is 0 Å². The van der Waals surface area contributed by atoms with Crippen molar-refractivity contribution in [3.63, 3.8) is 0 Å². The Kier molecular flexibility index (Phi) is 7.71. The topological polar surface area (TPSA) is 85.7 Å². The first kappa shape index (κ1) is 25.5. The zero-order chi connectivity index (χ0) is 25.1. The lowest BCUT2D eigenvalue weighted by molar-refractivity contribution is 0.0504. The fraction of sp³-hybridized carbons (Fsp3) is 0.577. The minimum Gasteiger partial charge on any atom is -0.444 e. The number of benzene rings is 1. The summed E-state index contributed by atoms with van der Waals surface area (Å²) in [5, 5.41) is 8.38. The number of alkyl carbamates (subject to hydrolysis) is 1. The molecule has 1 saturated carbocycles. The first-order valence-corrected chi connectivity index (χ1v) is 12.7. The summed E-state index contributed by atoms with van der Waals surface area (Å²) in [6.45, 7) is 8.84. The molecule has 2 fully saturated rings. The Labute approximate surface area is 211 Å². The molecule has 2 aliphatic rings. The molecule has 0 spiro atoms. The van der Waals surface area contributed by atoms with Gasteiger partial charge >= 0.3 is 6.09 Å². The molecule has 1 aliphatic carbocycles. The molecule has 0 atom stereocenters. The number of anilines is 1. The summed E-state index contributed by atoms with van der Waals surface area (Å²) in [4.78, 5) is 27.3. The number of halogens is 1. The highest BCUT2D eigenvalue weighted by Gasteiger charge is 2.39. The van der Waals surface area contributed by atoms with E-state index in [1.54, 1.807) is 16.8 Å². The normalized spacial score (nSPS) is 23.1. The van der Waals surface area contributed by atoms with E-state index < -0.39 is 11.7 Å². The predicted octanol–water partition coefficient (Wildman–Crippen LogP) is 4.31. The second-order valence-corrected chi connectivity index (χ2v) is 10.9. The monoisotopic (exact) mass is 502 g/mol. The summed E-state index contributed by atoms with van der Waals surface area (Å²) in [5.41, 5.74) is 0.128. The minimum absolute atomic E-state index is 0.00248. The molecule has 1 aliphatic heterocycles. The maximum absolute atomic E-state index is 12.7. The van der Waals surface area contributed by atoms with Gasteiger partial charge in [-0.05, 0) is 70.2 Å². The molecule has 2 aromatic rings. The zero-order valence-corrected chi connectivity index (χ0v) is 21.5. The van der Waals surface area contributed by atoms with Gasteiger partial charge in [0.1, 0.15) is 11.4 Å². The summed E-state index contributed by atoms with van der Waals surface area (Å²) in [6, 6.07) is 11.2. The fourth-order valence-corrected chi connectivity index (χ4v) is 5.17. The second kappa shape index (κ2) is 10.6. The molecule has 0 radical (unpaired) electrons. The van der Waals surface area contributed by atoms with Crippen LogP contribution in [0, 0.1) is 0 Å². The fourth-order valence-electron chi connectivity index (χ4n) is 4.98. The van der Waals surface area contributed by atoms with Crippen molar-refractivity contribution < 1.29 is 14.3 Å². The van der Waals surface area contributed by atoms with Crippen molar-refractivity contribution in [2.45, 2.75) is 63.5 Å². The summed E-state index contributed by atoms with van der Waals surface area (Å²) in [7, 11) is 0. The number of nitrogens with zero attached hydrogens (tertiary/aromatic N) is 3. The Hall–Kier alpha value is -2.58. The average Bonchev–Trinajstić information content (AvgIpc) is 2.83. The number of carbonyl (C=O) groups excluding carboxylic acids is 1. The summed E-state index contributed by atoms with van der Waals surface area (Å²) >= 11 is 6.33. The van der Waals surface area contributed by atoms with Gasteiger partial charge in [0.25, 0.3) is 5.56 Å². The third-order valence-corrected chi connectivity index (χ3v) is 7.05. The van der Waals surface area contributed by atoms with Gasteiger partial charge in [-0.3, -0.25) is 4.79 Å². The minimum atomic E-state index is -0.566. The highest BCUT2D eigenvalue weighted by molar-refractivity contribution is 6.30. The largest absolute Gasteiger partial charge is 0.444 e. The van der Waals surface area contributed by atoms with Crippen LogP contribution in [0.4, 0.5) is 10.6 Å².